The van der Waals surface area contributed by atoms with Crippen molar-refractivity contribution in [3.8, 4) is 0 Å². The van der Waals surface area contributed by atoms with Gasteiger partial charge in [0.1, 0.15) is 0 Å². The molecule has 0 aromatic carbocycles. The highest BCUT2D eigenvalue weighted by molar-refractivity contribution is 9.10. The number of imidazole rings is 1. The number of nitrogens with zero attached hydrogens (tertiary/aromatic N) is 2. The summed E-state index contributed by atoms with van der Waals surface area (Å²) in [6.45, 7) is 2.67. The molecule has 1 aromatic rings. The van der Waals surface area contributed by atoms with Crippen molar-refractivity contribution in [1.29, 1.82) is 0 Å². The van der Waals surface area contributed by atoms with Crippen LogP contribution in [0.25, 0.3) is 0 Å². The quantitative estimate of drug-likeness (QED) is 0.927. The number of carboxylic acid groups (broad SMARTS) is 1. The number of aryl methyl sites for hydroxylation is 1. The Labute approximate surface area is 103 Å². The van der Waals surface area contributed by atoms with Gasteiger partial charge in [-0.2, -0.15) is 0 Å². The van der Waals surface area contributed by atoms with Crippen LogP contribution in [0.5, 0.6) is 0 Å². The molecule has 0 aliphatic carbocycles. The van der Waals surface area contributed by atoms with E-state index in [9.17, 15) is 4.79 Å². The molecule has 2 rings (SSSR count). The summed E-state index contributed by atoms with van der Waals surface area (Å²) in [6.07, 6.45) is 3.59. The fourth-order valence-electron chi connectivity index (χ4n) is 2.23. The van der Waals surface area contributed by atoms with Crippen LogP contribution in [0.15, 0.2) is 4.73 Å². The first-order valence-electron chi connectivity index (χ1n) is 5.60. The van der Waals surface area contributed by atoms with Crippen LogP contribution in [-0.2, 0) is 24.2 Å². The molecule has 1 aliphatic heterocycles. The molecule has 1 unspecified atom stereocenters. The molecule has 0 bridgehead atoms. The van der Waals surface area contributed by atoms with Crippen LogP contribution < -0.4 is 0 Å². The summed E-state index contributed by atoms with van der Waals surface area (Å²) in [7, 11) is 0. The number of aromatic nitrogens is 2. The number of carboxylic acids is 1. The van der Waals surface area contributed by atoms with Gasteiger partial charge in [-0.25, -0.2) is 4.98 Å². The molecule has 2 heterocycles. The Morgan fingerprint density at radius 3 is 3.06 bits per heavy atom. The van der Waals surface area contributed by atoms with Gasteiger partial charge in [0.15, 0.2) is 4.73 Å². The smallest absolute Gasteiger partial charge is 0.308 e. The van der Waals surface area contributed by atoms with Crippen molar-refractivity contribution in [3.05, 3.63) is 16.1 Å². The molecule has 4 nitrogen and oxygen atoms in total. The van der Waals surface area contributed by atoms with Gasteiger partial charge in [0, 0.05) is 12.2 Å². The van der Waals surface area contributed by atoms with Crippen LogP contribution in [0.4, 0.5) is 0 Å². The number of rotatable bonds is 3. The Hall–Kier alpha value is -0.840. The molecule has 0 fully saturated rings. The first kappa shape index (κ1) is 11.6. The average molecular weight is 287 g/mol. The van der Waals surface area contributed by atoms with E-state index >= 15 is 0 Å². The number of hydrogen-bond acceptors (Lipinski definition) is 2. The predicted molar refractivity (Wildman–Crippen MR) is 63.4 cm³/mol. The number of fused-ring (bicyclic) bond motifs is 1. The molecule has 16 heavy (non-hydrogen) atoms. The fraction of sp³-hybridized carbons (Fsp3) is 0.636. The third kappa shape index (κ3) is 2.00. The lowest BCUT2D eigenvalue weighted by atomic mass is 9.96. The maximum absolute atomic E-state index is 11.0. The summed E-state index contributed by atoms with van der Waals surface area (Å²) in [5.41, 5.74) is 2.34. The molecule has 1 N–H and O–H groups in total. The van der Waals surface area contributed by atoms with Crippen LogP contribution in [0.1, 0.15) is 31.2 Å². The highest BCUT2D eigenvalue weighted by atomic mass is 79.9. The van der Waals surface area contributed by atoms with Crippen molar-refractivity contribution in [1.82, 2.24) is 9.55 Å². The second-order valence-electron chi connectivity index (χ2n) is 4.21. The normalized spacial score (nSPS) is 19.5. The largest absolute Gasteiger partial charge is 0.481 e. The minimum absolute atomic E-state index is 0.271. The van der Waals surface area contributed by atoms with Gasteiger partial charge in [0.05, 0.1) is 11.6 Å². The lowest BCUT2D eigenvalue weighted by Crippen LogP contribution is -2.26. The van der Waals surface area contributed by atoms with Gasteiger partial charge in [0.25, 0.3) is 0 Å². The standard InChI is InChI=1S/C11H15BrN2O2/c1-2-3-8-9-5-4-7(10(15)16)6-14(9)11(12)13-8/h7H,2-6H2,1H3,(H,15,16). The zero-order chi connectivity index (χ0) is 11.7. The Bertz CT molecular complexity index is 414. The van der Waals surface area contributed by atoms with Crippen molar-refractivity contribution >= 4 is 21.9 Å². The number of carbonyl (C=O) groups is 1. The highest BCUT2D eigenvalue weighted by Gasteiger charge is 2.27. The van der Waals surface area contributed by atoms with Crippen molar-refractivity contribution in [2.45, 2.75) is 39.2 Å². The fourth-order valence-corrected chi connectivity index (χ4v) is 2.80. The SMILES string of the molecule is CCCc1nc(Br)n2c1CCC(C(=O)O)C2. The van der Waals surface area contributed by atoms with Gasteiger partial charge in [-0.15, -0.1) is 0 Å². The summed E-state index contributed by atoms with van der Waals surface area (Å²) in [5.74, 6) is -0.976. The van der Waals surface area contributed by atoms with Crippen LogP contribution >= 0.6 is 15.9 Å². The first-order valence-corrected chi connectivity index (χ1v) is 6.39. The van der Waals surface area contributed by atoms with Crippen LogP contribution in [0.3, 0.4) is 0 Å². The number of hydrogen-bond donors (Lipinski definition) is 1. The second kappa shape index (κ2) is 4.57. The lowest BCUT2D eigenvalue weighted by molar-refractivity contribution is -0.142. The van der Waals surface area contributed by atoms with E-state index in [2.05, 4.69) is 27.8 Å². The van der Waals surface area contributed by atoms with E-state index in [1.807, 2.05) is 4.57 Å². The van der Waals surface area contributed by atoms with E-state index in [4.69, 9.17) is 5.11 Å². The molecule has 0 radical (unpaired) electrons. The molecular formula is C11H15BrN2O2. The van der Waals surface area contributed by atoms with Gasteiger partial charge >= 0.3 is 5.97 Å². The van der Waals surface area contributed by atoms with Crippen molar-refractivity contribution in [2.24, 2.45) is 5.92 Å². The number of aliphatic carboxylic acids is 1. The minimum atomic E-state index is -0.705. The van der Waals surface area contributed by atoms with Gasteiger partial charge in [-0.3, -0.25) is 4.79 Å². The predicted octanol–water partition coefficient (Wildman–Crippen LogP) is 2.25. The molecule has 88 valence electrons. The molecule has 1 atom stereocenters. The molecule has 5 heteroatoms. The Morgan fingerprint density at radius 1 is 1.69 bits per heavy atom. The van der Waals surface area contributed by atoms with Crippen molar-refractivity contribution in [2.75, 3.05) is 0 Å². The monoisotopic (exact) mass is 286 g/mol. The summed E-state index contributed by atoms with van der Waals surface area (Å²) in [4.78, 5) is 15.4. The average Bonchev–Trinajstić information content (AvgIpc) is 2.56. The van der Waals surface area contributed by atoms with Crippen LogP contribution in [-0.4, -0.2) is 20.6 Å². The third-order valence-corrected chi connectivity index (χ3v) is 3.68. The van der Waals surface area contributed by atoms with Crippen LogP contribution in [0.2, 0.25) is 0 Å². The molecule has 1 aliphatic rings. The summed E-state index contributed by atoms with van der Waals surface area (Å²) in [6, 6.07) is 0. The Morgan fingerprint density at radius 2 is 2.44 bits per heavy atom. The molecule has 0 amide bonds. The molecule has 0 saturated heterocycles. The Kier molecular flexibility index (Phi) is 3.33. The van der Waals surface area contributed by atoms with Gasteiger partial charge < -0.3 is 9.67 Å². The molecule has 0 spiro atoms. The summed E-state index contributed by atoms with van der Waals surface area (Å²) < 4.78 is 2.78. The maximum Gasteiger partial charge on any atom is 0.308 e. The van der Waals surface area contributed by atoms with E-state index in [0.29, 0.717) is 6.54 Å². The van der Waals surface area contributed by atoms with E-state index in [1.54, 1.807) is 0 Å². The van der Waals surface area contributed by atoms with Crippen molar-refractivity contribution < 1.29 is 9.90 Å². The summed E-state index contributed by atoms with van der Waals surface area (Å²) in [5, 5.41) is 9.02. The van der Waals surface area contributed by atoms with Gasteiger partial charge in [-0.05, 0) is 35.2 Å². The van der Waals surface area contributed by atoms with E-state index in [1.165, 1.54) is 5.69 Å². The van der Waals surface area contributed by atoms with E-state index in [0.717, 1.165) is 36.1 Å². The zero-order valence-corrected chi connectivity index (χ0v) is 10.8. The minimum Gasteiger partial charge on any atom is -0.481 e. The first-order chi connectivity index (χ1) is 7.63. The highest BCUT2D eigenvalue weighted by Crippen LogP contribution is 2.27. The third-order valence-electron chi connectivity index (χ3n) is 3.08. The second-order valence-corrected chi connectivity index (χ2v) is 4.92. The van der Waals surface area contributed by atoms with E-state index in [-0.39, 0.29) is 5.92 Å². The molecule has 0 saturated carbocycles. The maximum atomic E-state index is 11.0. The van der Waals surface area contributed by atoms with Gasteiger partial charge in [0.2, 0.25) is 0 Å². The zero-order valence-electron chi connectivity index (χ0n) is 9.24. The Balaban J connectivity index is 2.29. The molecular weight excluding hydrogens is 272 g/mol. The number of halogens is 1. The van der Waals surface area contributed by atoms with Crippen molar-refractivity contribution in [3.63, 3.8) is 0 Å². The topological polar surface area (TPSA) is 55.1 Å². The summed E-state index contributed by atoms with van der Waals surface area (Å²) >= 11 is 3.41. The molecule has 1 aromatic heterocycles. The van der Waals surface area contributed by atoms with E-state index < -0.39 is 5.97 Å². The van der Waals surface area contributed by atoms with Crippen LogP contribution in [0, 0.1) is 5.92 Å². The lowest BCUT2D eigenvalue weighted by Gasteiger charge is -2.22. The van der Waals surface area contributed by atoms with Gasteiger partial charge in [-0.1, -0.05) is 13.3 Å².